The Morgan fingerprint density at radius 1 is 1.11 bits per heavy atom. The predicted molar refractivity (Wildman–Crippen MR) is 61.2 cm³/mol. The van der Waals surface area contributed by atoms with E-state index in [9.17, 15) is 18.4 Å². The maximum Gasteiger partial charge on any atom is 0.305 e. The standard InChI is InChI=1S/C13H14F2O3/c1-2-18-13(17)5-3-4-12(16)9-6-10(14)8-11(15)7-9/h6-8H,2-5H2,1H3. The predicted octanol–water partition coefficient (Wildman–Crippen LogP) is 2.88. The fraction of sp³-hybridized carbons (Fsp3) is 0.385. The largest absolute Gasteiger partial charge is 0.466 e. The van der Waals surface area contributed by atoms with Gasteiger partial charge in [0.15, 0.2) is 5.78 Å². The van der Waals surface area contributed by atoms with Crippen LogP contribution in [-0.4, -0.2) is 18.4 Å². The first-order valence-electron chi connectivity index (χ1n) is 5.68. The van der Waals surface area contributed by atoms with Gasteiger partial charge in [-0.15, -0.1) is 0 Å². The fourth-order valence-corrected chi connectivity index (χ4v) is 1.49. The van der Waals surface area contributed by atoms with E-state index >= 15 is 0 Å². The summed E-state index contributed by atoms with van der Waals surface area (Å²) in [6.07, 6.45) is 0.481. The minimum Gasteiger partial charge on any atom is -0.466 e. The van der Waals surface area contributed by atoms with Crippen molar-refractivity contribution in [2.45, 2.75) is 26.2 Å². The van der Waals surface area contributed by atoms with Crippen molar-refractivity contribution in [2.24, 2.45) is 0 Å². The maximum absolute atomic E-state index is 12.9. The maximum atomic E-state index is 12.9. The van der Waals surface area contributed by atoms with Crippen LogP contribution in [-0.2, 0) is 9.53 Å². The number of benzene rings is 1. The summed E-state index contributed by atoms with van der Waals surface area (Å²) >= 11 is 0. The van der Waals surface area contributed by atoms with E-state index in [4.69, 9.17) is 4.74 Å². The Morgan fingerprint density at radius 3 is 2.28 bits per heavy atom. The number of carbonyl (C=O) groups excluding carboxylic acids is 2. The van der Waals surface area contributed by atoms with Gasteiger partial charge in [0.25, 0.3) is 0 Å². The minimum absolute atomic E-state index is 0.0173. The van der Waals surface area contributed by atoms with Crippen LogP contribution >= 0.6 is 0 Å². The molecule has 98 valence electrons. The van der Waals surface area contributed by atoms with Crippen LogP contribution < -0.4 is 0 Å². The van der Waals surface area contributed by atoms with Crippen LogP contribution in [0.25, 0.3) is 0 Å². The summed E-state index contributed by atoms with van der Waals surface area (Å²) in [5, 5.41) is 0. The summed E-state index contributed by atoms with van der Waals surface area (Å²) in [7, 11) is 0. The Labute approximate surface area is 104 Å². The fourth-order valence-electron chi connectivity index (χ4n) is 1.49. The van der Waals surface area contributed by atoms with Gasteiger partial charge < -0.3 is 4.74 Å². The summed E-state index contributed by atoms with van der Waals surface area (Å²) in [5.74, 6) is -2.35. The van der Waals surface area contributed by atoms with Crippen LogP contribution in [0.2, 0.25) is 0 Å². The van der Waals surface area contributed by atoms with Crippen molar-refractivity contribution < 1.29 is 23.1 Å². The van der Waals surface area contributed by atoms with E-state index in [1.807, 2.05) is 0 Å². The number of ketones is 1. The van der Waals surface area contributed by atoms with Crippen molar-refractivity contribution in [2.75, 3.05) is 6.61 Å². The molecule has 0 saturated carbocycles. The quantitative estimate of drug-likeness (QED) is 0.580. The monoisotopic (exact) mass is 256 g/mol. The van der Waals surface area contributed by atoms with Crippen molar-refractivity contribution in [3.63, 3.8) is 0 Å². The van der Waals surface area contributed by atoms with Crippen molar-refractivity contribution in [3.05, 3.63) is 35.4 Å². The van der Waals surface area contributed by atoms with Gasteiger partial charge in [0.1, 0.15) is 11.6 Å². The molecule has 0 aliphatic rings. The second-order valence-electron chi connectivity index (χ2n) is 3.74. The third-order valence-electron chi connectivity index (χ3n) is 2.27. The van der Waals surface area contributed by atoms with Gasteiger partial charge >= 0.3 is 5.97 Å². The van der Waals surface area contributed by atoms with E-state index in [1.54, 1.807) is 6.92 Å². The first-order valence-corrected chi connectivity index (χ1v) is 5.68. The topological polar surface area (TPSA) is 43.4 Å². The number of rotatable bonds is 6. The van der Waals surface area contributed by atoms with Gasteiger partial charge in [0, 0.05) is 24.5 Å². The molecular formula is C13H14F2O3. The molecule has 0 amide bonds. The SMILES string of the molecule is CCOC(=O)CCCC(=O)c1cc(F)cc(F)c1. The zero-order valence-corrected chi connectivity index (χ0v) is 10.0. The highest BCUT2D eigenvalue weighted by Gasteiger charge is 2.10. The lowest BCUT2D eigenvalue weighted by Crippen LogP contribution is -2.06. The van der Waals surface area contributed by atoms with Gasteiger partial charge in [0.05, 0.1) is 6.61 Å². The minimum atomic E-state index is -0.788. The lowest BCUT2D eigenvalue weighted by atomic mass is 10.1. The van der Waals surface area contributed by atoms with Gasteiger partial charge in [0.2, 0.25) is 0 Å². The Bertz CT molecular complexity index is 424. The molecule has 0 N–H and O–H groups in total. The van der Waals surface area contributed by atoms with Gasteiger partial charge in [-0.1, -0.05) is 0 Å². The zero-order valence-electron chi connectivity index (χ0n) is 10.0. The summed E-state index contributed by atoms with van der Waals surface area (Å²) < 4.78 is 30.4. The lowest BCUT2D eigenvalue weighted by Gasteiger charge is -2.02. The first kappa shape index (κ1) is 14.3. The second kappa shape index (κ2) is 6.83. The van der Waals surface area contributed by atoms with Gasteiger partial charge in [-0.05, 0) is 25.5 Å². The molecule has 0 aromatic heterocycles. The number of Topliss-reactive ketones (excluding diaryl/α,β-unsaturated/α-hetero) is 1. The van der Waals surface area contributed by atoms with Crippen LogP contribution in [0.5, 0.6) is 0 Å². The van der Waals surface area contributed by atoms with E-state index in [0.717, 1.165) is 12.1 Å². The van der Waals surface area contributed by atoms with Crippen LogP contribution in [0, 0.1) is 11.6 Å². The van der Waals surface area contributed by atoms with E-state index in [1.165, 1.54) is 0 Å². The molecule has 0 bridgehead atoms. The van der Waals surface area contributed by atoms with Crippen LogP contribution in [0.1, 0.15) is 36.5 Å². The molecule has 0 fully saturated rings. The molecule has 0 atom stereocenters. The normalized spacial score (nSPS) is 10.2. The molecule has 18 heavy (non-hydrogen) atoms. The molecule has 1 aromatic rings. The van der Waals surface area contributed by atoms with Crippen molar-refractivity contribution in [1.82, 2.24) is 0 Å². The number of carbonyl (C=O) groups is 2. The first-order chi connectivity index (χ1) is 8.52. The molecule has 5 heteroatoms. The second-order valence-corrected chi connectivity index (χ2v) is 3.74. The summed E-state index contributed by atoms with van der Waals surface area (Å²) in [5.41, 5.74) is -0.0173. The molecule has 3 nitrogen and oxygen atoms in total. The number of hydrogen-bond acceptors (Lipinski definition) is 3. The number of halogens is 2. The number of hydrogen-bond donors (Lipinski definition) is 0. The number of esters is 1. The van der Waals surface area contributed by atoms with Crippen LogP contribution in [0.3, 0.4) is 0 Å². The van der Waals surface area contributed by atoms with Gasteiger partial charge in [-0.25, -0.2) is 8.78 Å². The molecule has 0 unspecified atom stereocenters. The van der Waals surface area contributed by atoms with Gasteiger partial charge in [-0.2, -0.15) is 0 Å². The highest BCUT2D eigenvalue weighted by Crippen LogP contribution is 2.12. The molecule has 0 spiro atoms. The molecule has 1 rings (SSSR count). The highest BCUT2D eigenvalue weighted by molar-refractivity contribution is 5.96. The number of ether oxygens (including phenoxy) is 1. The third-order valence-corrected chi connectivity index (χ3v) is 2.27. The summed E-state index contributed by atoms with van der Waals surface area (Å²) in [6.45, 7) is 1.99. The highest BCUT2D eigenvalue weighted by atomic mass is 19.1. The molecule has 0 aliphatic carbocycles. The smallest absolute Gasteiger partial charge is 0.305 e. The Hall–Kier alpha value is -1.78. The van der Waals surface area contributed by atoms with E-state index < -0.39 is 17.4 Å². The molecule has 0 heterocycles. The van der Waals surface area contributed by atoms with E-state index in [0.29, 0.717) is 19.1 Å². The lowest BCUT2D eigenvalue weighted by molar-refractivity contribution is -0.143. The summed E-state index contributed by atoms with van der Waals surface area (Å²) in [6, 6.07) is 2.67. The third kappa shape index (κ3) is 4.61. The molecule has 0 aliphatic heterocycles. The molecular weight excluding hydrogens is 242 g/mol. The van der Waals surface area contributed by atoms with Crippen molar-refractivity contribution in [3.8, 4) is 0 Å². The van der Waals surface area contributed by atoms with Gasteiger partial charge in [-0.3, -0.25) is 9.59 Å². The molecule has 0 radical (unpaired) electrons. The molecule has 1 aromatic carbocycles. The summed E-state index contributed by atoms with van der Waals surface area (Å²) in [4.78, 5) is 22.6. The Kier molecular flexibility index (Phi) is 5.42. The van der Waals surface area contributed by atoms with Crippen LogP contribution in [0.15, 0.2) is 18.2 Å². The van der Waals surface area contributed by atoms with Crippen molar-refractivity contribution >= 4 is 11.8 Å². The van der Waals surface area contributed by atoms with Crippen LogP contribution in [0.4, 0.5) is 8.78 Å². The zero-order chi connectivity index (χ0) is 13.5. The van der Waals surface area contributed by atoms with E-state index in [-0.39, 0.29) is 24.4 Å². The Balaban J connectivity index is 2.48. The Morgan fingerprint density at radius 2 is 1.72 bits per heavy atom. The average molecular weight is 256 g/mol. The van der Waals surface area contributed by atoms with Crippen molar-refractivity contribution in [1.29, 1.82) is 0 Å². The van der Waals surface area contributed by atoms with E-state index in [2.05, 4.69) is 0 Å². The molecule has 0 saturated heterocycles. The average Bonchev–Trinajstić information content (AvgIpc) is 2.27.